The molecule has 0 aromatic heterocycles. The average Bonchev–Trinajstić information content (AvgIpc) is 2.53. The second-order valence-corrected chi connectivity index (χ2v) is 11.2. The Morgan fingerprint density at radius 3 is 2.12 bits per heavy atom. The molecule has 7 heteroatoms. The van der Waals surface area contributed by atoms with Gasteiger partial charge in [-0.25, -0.2) is 4.79 Å². The van der Waals surface area contributed by atoms with Gasteiger partial charge in [0.05, 0.1) is 27.4 Å². The van der Waals surface area contributed by atoms with E-state index in [1.807, 2.05) is 43.4 Å². The number of hydrogen-bond acceptors (Lipinski definition) is 5. The van der Waals surface area contributed by atoms with Gasteiger partial charge in [0.2, 0.25) is 5.91 Å². The number of hydrogen-bond donors (Lipinski definition) is 3. The Hall–Kier alpha value is -1.70. The van der Waals surface area contributed by atoms with E-state index in [1.54, 1.807) is 0 Å². The number of esters is 1. The number of carbonyl (C=O) groups is 2. The van der Waals surface area contributed by atoms with Gasteiger partial charge in [-0.15, -0.1) is 0 Å². The highest BCUT2D eigenvalue weighted by Gasteiger charge is 2.48. The van der Waals surface area contributed by atoms with E-state index >= 15 is 0 Å². The van der Waals surface area contributed by atoms with Crippen molar-refractivity contribution in [3.63, 3.8) is 0 Å². The van der Waals surface area contributed by atoms with E-state index in [9.17, 15) is 19.8 Å². The molecule has 1 aromatic rings. The molecule has 0 radical (unpaired) electrons. The lowest BCUT2D eigenvalue weighted by Crippen LogP contribution is -2.61. The fourth-order valence-corrected chi connectivity index (χ4v) is 6.66. The molecule has 0 fully saturated rings. The van der Waals surface area contributed by atoms with Crippen molar-refractivity contribution in [1.29, 1.82) is 0 Å². The molecular weight excluding hydrogens is 326 g/mol. The molecule has 0 unspecified atom stereocenters. The second-order valence-electron chi connectivity index (χ2n) is 6.55. The summed E-state index contributed by atoms with van der Waals surface area (Å²) in [7, 11) is -1.23. The van der Waals surface area contributed by atoms with Crippen molar-refractivity contribution in [2.24, 2.45) is 0 Å². The van der Waals surface area contributed by atoms with Gasteiger partial charge in [-0.3, -0.25) is 4.79 Å². The summed E-state index contributed by atoms with van der Waals surface area (Å²) >= 11 is 0. The molecule has 1 amide bonds. The van der Waals surface area contributed by atoms with E-state index in [1.165, 1.54) is 21.0 Å². The maximum absolute atomic E-state index is 12.3. The largest absolute Gasteiger partial charge is 0.467 e. The van der Waals surface area contributed by atoms with Crippen molar-refractivity contribution in [3.05, 3.63) is 30.3 Å². The van der Waals surface area contributed by atoms with Crippen molar-refractivity contribution >= 4 is 25.1 Å². The first-order valence-electron chi connectivity index (χ1n) is 7.89. The monoisotopic (exact) mass is 353 g/mol. The zero-order chi connectivity index (χ0) is 18.5. The van der Waals surface area contributed by atoms with Gasteiger partial charge in [0.15, 0.2) is 0 Å². The van der Waals surface area contributed by atoms with Gasteiger partial charge in [-0.2, -0.15) is 0 Å². The number of methoxy groups -OCH3 is 1. The smallest absolute Gasteiger partial charge is 0.328 e. The van der Waals surface area contributed by atoms with Crippen LogP contribution in [0, 0.1) is 0 Å². The summed E-state index contributed by atoms with van der Waals surface area (Å²) in [6.07, 6.45) is -2.23. The highest BCUT2D eigenvalue weighted by Crippen LogP contribution is 2.32. The van der Waals surface area contributed by atoms with E-state index < -0.39 is 43.7 Å². The highest BCUT2D eigenvalue weighted by atomic mass is 28.3. The Labute approximate surface area is 143 Å². The summed E-state index contributed by atoms with van der Waals surface area (Å²) in [5.41, 5.74) is -0.656. The fraction of sp³-hybridized carbons (Fsp3) is 0.529. The summed E-state index contributed by atoms with van der Waals surface area (Å²) in [4.78, 5) is 23.9. The topological polar surface area (TPSA) is 95.9 Å². The quantitative estimate of drug-likeness (QED) is 0.487. The van der Waals surface area contributed by atoms with Crippen molar-refractivity contribution in [1.82, 2.24) is 5.32 Å². The van der Waals surface area contributed by atoms with Crippen molar-refractivity contribution in [3.8, 4) is 0 Å². The van der Waals surface area contributed by atoms with Crippen LogP contribution in [0.2, 0.25) is 18.6 Å². The zero-order valence-corrected chi connectivity index (χ0v) is 15.8. The highest BCUT2D eigenvalue weighted by molar-refractivity contribution is 6.91. The van der Waals surface area contributed by atoms with Gasteiger partial charge in [-0.05, 0) is 6.92 Å². The Morgan fingerprint density at radius 1 is 1.17 bits per heavy atom. The van der Waals surface area contributed by atoms with Crippen LogP contribution in [0.3, 0.4) is 0 Å². The van der Waals surface area contributed by atoms with E-state index in [-0.39, 0.29) is 0 Å². The number of nitrogens with one attached hydrogen (secondary N) is 1. The summed E-state index contributed by atoms with van der Waals surface area (Å²) in [6.45, 7) is 6.76. The first-order chi connectivity index (χ1) is 11.1. The predicted octanol–water partition coefficient (Wildman–Crippen LogP) is 0.392. The Balaban J connectivity index is 3.42. The second kappa shape index (κ2) is 8.41. The number of ether oxygens (including phenoxy) is 1. The molecule has 0 spiro atoms. The molecule has 0 aliphatic rings. The van der Waals surface area contributed by atoms with Gasteiger partial charge < -0.3 is 20.3 Å². The van der Waals surface area contributed by atoms with Crippen LogP contribution in [0.1, 0.15) is 13.8 Å². The van der Waals surface area contributed by atoms with E-state index in [0.29, 0.717) is 0 Å². The van der Waals surface area contributed by atoms with Gasteiger partial charge in [0, 0.05) is 12.5 Å². The first kappa shape index (κ1) is 20.3. The Morgan fingerprint density at radius 2 is 1.71 bits per heavy atom. The Kier molecular flexibility index (Phi) is 7.13. The van der Waals surface area contributed by atoms with Gasteiger partial charge in [0.25, 0.3) is 0 Å². The lowest BCUT2D eigenvalue weighted by molar-refractivity contribution is -0.146. The fourth-order valence-electron chi connectivity index (χ4n) is 3.04. The molecular formula is C17H27NO5Si. The molecule has 0 saturated carbocycles. The minimum atomic E-state index is -2.47. The van der Waals surface area contributed by atoms with E-state index in [0.717, 1.165) is 5.19 Å². The van der Waals surface area contributed by atoms with E-state index in [4.69, 9.17) is 4.74 Å². The third-order valence-corrected chi connectivity index (χ3v) is 8.55. The third kappa shape index (κ3) is 4.65. The van der Waals surface area contributed by atoms with Gasteiger partial charge in [-0.1, -0.05) is 48.6 Å². The maximum atomic E-state index is 12.3. The number of aliphatic hydroxyl groups is 2. The predicted molar refractivity (Wildman–Crippen MR) is 94.6 cm³/mol. The van der Waals surface area contributed by atoms with Crippen LogP contribution >= 0.6 is 0 Å². The number of carbonyl (C=O) groups excluding carboxylic acids is 2. The summed E-state index contributed by atoms with van der Waals surface area (Å²) in [5, 5.41) is 24.2. The summed E-state index contributed by atoms with van der Waals surface area (Å²) in [5.74, 6) is -1.03. The number of amides is 1. The zero-order valence-electron chi connectivity index (χ0n) is 14.8. The van der Waals surface area contributed by atoms with Crippen LogP contribution in [0.5, 0.6) is 0 Å². The van der Waals surface area contributed by atoms with Crippen molar-refractivity contribution in [2.75, 3.05) is 7.11 Å². The van der Waals surface area contributed by atoms with Crippen LogP contribution in [-0.2, 0) is 14.3 Å². The Bertz CT molecular complexity index is 561. The van der Waals surface area contributed by atoms with E-state index in [2.05, 4.69) is 5.32 Å². The molecule has 3 N–H and O–H groups in total. The molecule has 0 aliphatic heterocycles. The number of benzene rings is 1. The van der Waals surface area contributed by atoms with Crippen molar-refractivity contribution < 1.29 is 24.5 Å². The maximum Gasteiger partial charge on any atom is 0.328 e. The molecule has 0 aliphatic carbocycles. The molecule has 1 rings (SSSR count). The molecule has 24 heavy (non-hydrogen) atoms. The SMILES string of the molecule is COC(=O)[C@@H](NC(C)=O)[C@@H]([C@H](O)[C@@H](C)O)[Si](C)(C)c1ccccc1. The molecule has 4 atom stereocenters. The normalized spacial score (nSPS) is 16.6. The van der Waals surface area contributed by atoms with Crippen LogP contribution in [0.4, 0.5) is 0 Å². The minimum Gasteiger partial charge on any atom is -0.467 e. The standard InChI is InChI=1S/C17H27NO5Si/c1-11(19)15(21)16(14(17(22)23-3)18-12(2)20)24(4,5)13-9-7-6-8-10-13/h6-11,14-16,19,21H,1-5H3,(H,18,20)/t11-,14+,15-,16+/m1/s1. The average molecular weight is 353 g/mol. The summed E-state index contributed by atoms with van der Waals surface area (Å²) in [6, 6.07) is 8.52. The third-order valence-electron chi connectivity index (χ3n) is 4.39. The molecule has 6 nitrogen and oxygen atoms in total. The van der Waals surface area contributed by atoms with Gasteiger partial charge >= 0.3 is 5.97 Å². The molecule has 134 valence electrons. The lowest BCUT2D eigenvalue weighted by atomic mass is 10.0. The van der Waals surface area contributed by atoms with Crippen LogP contribution in [-0.4, -0.2) is 55.5 Å². The molecule has 0 bridgehead atoms. The summed E-state index contributed by atoms with van der Waals surface area (Å²) < 4.78 is 4.83. The lowest BCUT2D eigenvalue weighted by Gasteiger charge is -2.41. The molecule has 1 aromatic carbocycles. The van der Waals surface area contributed by atoms with Crippen LogP contribution in [0.25, 0.3) is 0 Å². The van der Waals surface area contributed by atoms with Crippen molar-refractivity contribution in [2.45, 2.75) is 50.7 Å². The minimum absolute atomic E-state index is 0.397. The number of rotatable bonds is 7. The first-order valence-corrected chi connectivity index (χ1v) is 11.0. The van der Waals surface area contributed by atoms with Crippen LogP contribution < -0.4 is 10.5 Å². The van der Waals surface area contributed by atoms with Gasteiger partial charge in [0.1, 0.15) is 6.04 Å². The number of aliphatic hydroxyl groups excluding tert-OH is 2. The van der Waals surface area contributed by atoms with Crippen LogP contribution in [0.15, 0.2) is 30.3 Å². The molecule has 0 saturated heterocycles. The molecule has 0 heterocycles.